The Morgan fingerprint density at radius 3 is 2.26 bits per heavy atom. The van der Waals surface area contributed by atoms with Crippen LogP contribution in [0.25, 0.3) is 0 Å². The van der Waals surface area contributed by atoms with Crippen molar-refractivity contribution in [1.82, 2.24) is 5.32 Å². The van der Waals surface area contributed by atoms with E-state index in [9.17, 15) is 28.5 Å². The molecule has 1 rings (SSSR count). The Bertz CT molecular complexity index is 451. The van der Waals surface area contributed by atoms with E-state index in [-0.39, 0.29) is 0 Å². The highest BCUT2D eigenvalue weighted by Gasteiger charge is 2.61. The van der Waals surface area contributed by atoms with Gasteiger partial charge in [-0.05, 0) is 0 Å². The summed E-state index contributed by atoms with van der Waals surface area (Å²) in [5.74, 6) is -0.678. The van der Waals surface area contributed by atoms with Crippen LogP contribution in [0.2, 0.25) is 0 Å². The number of carbonyl (C=O) groups excluding carboxylic acids is 1. The lowest BCUT2D eigenvalue weighted by molar-refractivity contribution is -0.272. The fourth-order valence-corrected chi connectivity index (χ4v) is 2.62. The van der Waals surface area contributed by atoms with Gasteiger partial charge in [-0.3, -0.25) is 9.35 Å². The zero-order valence-corrected chi connectivity index (χ0v) is 10.6. The van der Waals surface area contributed by atoms with E-state index in [4.69, 9.17) is 9.66 Å². The summed E-state index contributed by atoms with van der Waals surface area (Å²) < 4.78 is 35.9. The van der Waals surface area contributed by atoms with Crippen molar-refractivity contribution in [3.8, 4) is 0 Å². The van der Waals surface area contributed by atoms with Crippen molar-refractivity contribution in [1.29, 1.82) is 0 Å². The molecule has 1 fully saturated rings. The number of aliphatic hydroxyl groups is 4. The van der Waals surface area contributed by atoms with Crippen molar-refractivity contribution in [3.05, 3.63) is 0 Å². The summed E-state index contributed by atoms with van der Waals surface area (Å²) >= 11 is 0. The first-order valence-electron chi connectivity index (χ1n) is 5.14. The van der Waals surface area contributed by atoms with Gasteiger partial charge in [0.2, 0.25) is 10.8 Å². The van der Waals surface area contributed by atoms with Crippen molar-refractivity contribution in [2.24, 2.45) is 0 Å². The normalized spacial score (nSPS) is 39.9. The van der Waals surface area contributed by atoms with Gasteiger partial charge in [0.25, 0.3) is 0 Å². The molecule has 1 aliphatic rings. The molecule has 1 saturated heterocycles. The zero-order valence-electron chi connectivity index (χ0n) is 9.79. The van der Waals surface area contributed by atoms with Crippen LogP contribution in [0.3, 0.4) is 0 Å². The van der Waals surface area contributed by atoms with Crippen molar-refractivity contribution >= 4 is 16.0 Å². The molecule has 0 spiro atoms. The third-order valence-corrected chi connectivity index (χ3v) is 4.14. The van der Waals surface area contributed by atoms with E-state index < -0.39 is 52.1 Å². The minimum atomic E-state index is -5.16. The second kappa shape index (κ2) is 5.28. The van der Waals surface area contributed by atoms with Gasteiger partial charge in [-0.1, -0.05) is 0 Å². The summed E-state index contributed by atoms with van der Waals surface area (Å²) in [6, 6.07) is -1.52. The molecule has 19 heavy (non-hydrogen) atoms. The highest BCUT2D eigenvalue weighted by molar-refractivity contribution is 7.87. The van der Waals surface area contributed by atoms with E-state index in [1.807, 2.05) is 5.32 Å². The van der Waals surface area contributed by atoms with Gasteiger partial charge in [0, 0.05) is 6.92 Å². The largest absolute Gasteiger partial charge is 0.392 e. The van der Waals surface area contributed by atoms with E-state index in [0.717, 1.165) is 6.92 Å². The molecular weight excluding hydrogens is 286 g/mol. The van der Waals surface area contributed by atoms with Crippen LogP contribution in [-0.2, 0) is 19.6 Å². The van der Waals surface area contributed by atoms with Gasteiger partial charge in [-0.25, -0.2) is 0 Å². The second-order valence-corrected chi connectivity index (χ2v) is 5.76. The number of hydrogen-bond donors (Lipinski definition) is 6. The molecule has 0 aliphatic carbocycles. The number of amides is 1. The fourth-order valence-electron chi connectivity index (χ4n) is 1.79. The third kappa shape index (κ3) is 2.72. The summed E-state index contributed by atoms with van der Waals surface area (Å²) in [4.78, 5) is 7.86. The SMILES string of the molecule is CC(=O)N[C@@H]1[C@@H](O)[C@H](O)[C@@](CO)(S(=O)(=O)O)O[C@H]1O. The predicted octanol–water partition coefficient (Wildman–Crippen LogP) is -3.86. The molecule has 6 N–H and O–H groups in total. The first kappa shape index (κ1) is 16.2. The number of hydrogen-bond acceptors (Lipinski definition) is 8. The fraction of sp³-hybridized carbons (Fsp3) is 0.875. The average Bonchev–Trinajstić information content (AvgIpc) is 2.27. The molecule has 0 aromatic carbocycles. The minimum Gasteiger partial charge on any atom is -0.392 e. The highest BCUT2D eigenvalue weighted by Crippen LogP contribution is 2.33. The van der Waals surface area contributed by atoms with Crippen LogP contribution in [-0.4, -0.2) is 75.4 Å². The van der Waals surface area contributed by atoms with Gasteiger partial charge < -0.3 is 30.5 Å². The smallest absolute Gasteiger partial charge is 0.300 e. The van der Waals surface area contributed by atoms with Gasteiger partial charge in [0.1, 0.15) is 18.2 Å². The Morgan fingerprint density at radius 1 is 1.37 bits per heavy atom. The van der Waals surface area contributed by atoms with Crippen LogP contribution >= 0.6 is 0 Å². The molecule has 0 radical (unpaired) electrons. The summed E-state index contributed by atoms with van der Waals surface area (Å²) in [7, 11) is -5.16. The summed E-state index contributed by atoms with van der Waals surface area (Å²) in [6.07, 6.45) is -6.33. The Balaban J connectivity index is 3.16. The van der Waals surface area contributed by atoms with Gasteiger partial charge in [0.15, 0.2) is 6.29 Å². The molecule has 0 unspecified atom stereocenters. The second-order valence-electron chi connectivity index (χ2n) is 4.12. The van der Waals surface area contributed by atoms with E-state index in [1.54, 1.807) is 0 Å². The van der Waals surface area contributed by atoms with Gasteiger partial charge in [-0.15, -0.1) is 0 Å². The molecule has 0 bridgehead atoms. The van der Waals surface area contributed by atoms with Crippen LogP contribution in [0, 0.1) is 0 Å². The summed E-state index contributed by atoms with van der Waals surface area (Å²) in [5.41, 5.74) is 0. The maximum absolute atomic E-state index is 11.2. The predicted molar refractivity (Wildman–Crippen MR) is 58.1 cm³/mol. The molecule has 112 valence electrons. The number of rotatable bonds is 3. The van der Waals surface area contributed by atoms with Crippen molar-refractivity contribution in [2.45, 2.75) is 36.4 Å². The van der Waals surface area contributed by atoms with Crippen LogP contribution in [0.5, 0.6) is 0 Å². The van der Waals surface area contributed by atoms with Crippen molar-refractivity contribution < 1.29 is 42.9 Å². The molecule has 0 aromatic rings. The maximum atomic E-state index is 11.2. The first-order valence-corrected chi connectivity index (χ1v) is 6.58. The molecule has 5 atom stereocenters. The molecule has 11 heteroatoms. The van der Waals surface area contributed by atoms with Crippen LogP contribution in [0.4, 0.5) is 0 Å². The molecular formula is C8H15NO9S. The van der Waals surface area contributed by atoms with Gasteiger partial charge in [0.05, 0.1) is 6.61 Å². The van der Waals surface area contributed by atoms with Gasteiger partial charge >= 0.3 is 10.1 Å². The summed E-state index contributed by atoms with van der Waals surface area (Å²) in [5, 5.41) is 40.0. The number of ether oxygens (including phenoxy) is 1. The van der Waals surface area contributed by atoms with E-state index in [1.165, 1.54) is 0 Å². The lowest BCUT2D eigenvalue weighted by Crippen LogP contribution is -2.71. The van der Waals surface area contributed by atoms with E-state index in [2.05, 4.69) is 4.74 Å². The Kier molecular flexibility index (Phi) is 4.51. The van der Waals surface area contributed by atoms with Crippen molar-refractivity contribution in [3.63, 3.8) is 0 Å². The average molecular weight is 301 g/mol. The number of carbonyl (C=O) groups is 1. The zero-order chi connectivity index (χ0) is 15.0. The van der Waals surface area contributed by atoms with E-state index in [0.29, 0.717) is 0 Å². The van der Waals surface area contributed by atoms with Crippen LogP contribution in [0.15, 0.2) is 0 Å². The van der Waals surface area contributed by atoms with E-state index >= 15 is 0 Å². The Hall–Kier alpha value is -0.820. The molecule has 1 aliphatic heterocycles. The monoisotopic (exact) mass is 301 g/mol. The van der Waals surface area contributed by atoms with Crippen LogP contribution in [0.1, 0.15) is 6.92 Å². The van der Waals surface area contributed by atoms with Gasteiger partial charge in [-0.2, -0.15) is 8.42 Å². The topological polar surface area (TPSA) is 174 Å². The molecule has 10 nitrogen and oxygen atoms in total. The molecule has 0 saturated carbocycles. The Labute approximate surface area is 108 Å². The lowest BCUT2D eigenvalue weighted by atomic mass is 9.96. The van der Waals surface area contributed by atoms with Crippen molar-refractivity contribution in [2.75, 3.05) is 6.61 Å². The quantitative estimate of drug-likeness (QED) is 0.285. The number of nitrogens with one attached hydrogen (secondary N) is 1. The standard InChI is InChI=1S/C8H15NO9S/c1-3(11)9-4-5(12)6(13)8(2-10,18-7(4)14)19(15,16)17/h4-7,10,12-14H,2H2,1H3,(H,9,11)(H,15,16,17)/t4-,5-,6+,7-,8-/m1/s1. The lowest BCUT2D eigenvalue weighted by Gasteiger charge is -2.45. The first-order chi connectivity index (χ1) is 8.56. The molecule has 1 heterocycles. The Morgan fingerprint density at radius 2 is 1.89 bits per heavy atom. The molecule has 0 aromatic heterocycles. The summed E-state index contributed by atoms with van der Waals surface area (Å²) in [6.45, 7) is -0.351. The third-order valence-electron chi connectivity index (χ3n) is 2.80. The number of aliphatic hydroxyl groups excluding tert-OH is 4. The maximum Gasteiger partial charge on any atom is 0.300 e. The minimum absolute atomic E-state index is 0.678. The highest BCUT2D eigenvalue weighted by atomic mass is 32.2. The molecule has 1 amide bonds. The van der Waals surface area contributed by atoms with Crippen LogP contribution < -0.4 is 5.32 Å².